The van der Waals surface area contributed by atoms with E-state index >= 15 is 0 Å². The standard InChI is InChI=1S/C19H21F3N2O3/c20-19(21,22)13-5-7-14(8-6-13)23-17(25)15-3-1-2-4-16(15)18(26)24-9-11-27-12-10-24/h1-2,5-8,15-16H,3-4,9-12H2,(H,23,25)/t15-,16-/m1/s1. The Bertz CT molecular complexity index is 710. The molecule has 0 saturated carbocycles. The summed E-state index contributed by atoms with van der Waals surface area (Å²) in [6.45, 7) is 1.98. The van der Waals surface area contributed by atoms with Crippen LogP contribution in [0.3, 0.4) is 0 Å². The highest BCUT2D eigenvalue weighted by Crippen LogP contribution is 2.31. The fourth-order valence-corrected chi connectivity index (χ4v) is 3.37. The molecule has 3 rings (SSSR count). The van der Waals surface area contributed by atoms with Crippen molar-refractivity contribution in [3.63, 3.8) is 0 Å². The lowest BCUT2D eigenvalue weighted by molar-refractivity contribution is -0.144. The summed E-state index contributed by atoms with van der Waals surface area (Å²) in [7, 11) is 0. The van der Waals surface area contributed by atoms with Crippen LogP contribution in [0.1, 0.15) is 18.4 Å². The van der Waals surface area contributed by atoms with Crippen LogP contribution < -0.4 is 5.32 Å². The number of carbonyl (C=O) groups is 2. The molecule has 2 atom stereocenters. The third-order valence-electron chi connectivity index (χ3n) is 4.89. The molecule has 27 heavy (non-hydrogen) atoms. The zero-order valence-corrected chi connectivity index (χ0v) is 14.7. The highest BCUT2D eigenvalue weighted by Gasteiger charge is 2.37. The largest absolute Gasteiger partial charge is 0.416 e. The molecule has 1 aliphatic heterocycles. The van der Waals surface area contributed by atoms with Gasteiger partial charge in [-0.1, -0.05) is 12.2 Å². The molecule has 1 aromatic carbocycles. The average Bonchev–Trinajstić information content (AvgIpc) is 2.68. The van der Waals surface area contributed by atoms with E-state index in [1.807, 2.05) is 12.2 Å². The molecule has 1 heterocycles. The molecule has 1 aliphatic carbocycles. The minimum Gasteiger partial charge on any atom is -0.378 e. The number of ether oxygens (including phenoxy) is 1. The lowest BCUT2D eigenvalue weighted by Crippen LogP contribution is -2.47. The fraction of sp³-hybridized carbons (Fsp3) is 0.474. The van der Waals surface area contributed by atoms with Crippen molar-refractivity contribution in [1.82, 2.24) is 4.90 Å². The molecular weight excluding hydrogens is 361 g/mol. The van der Waals surface area contributed by atoms with E-state index in [9.17, 15) is 22.8 Å². The first-order valence-electron chi connectivity index (χ1n) is 8.86. The van der Waals surface area contributed by atoms with Crippen molar-refractivity contribution in [3.05, 3.63) is 42.0 Å². The van der Waals surface area contributed by atoms with Gasteiger partial charge in [0.05, 0.1) is 30.6 Å². The van der Waals surface area contributed by atoms with Gasteiger partial charge in [-0.25, -0.2) is 0 Å². The van der Waals surface area contributed by atoms with Gasteiger partial charge >= 0.3 is 6.18 Å². The van der Waals surface area contributed by atoms with Crippen LogP contribution in [0.4, 0.5) is 18.9 Å². The summed E-state index contributed by atoms with van der Waals surface area (Å²) in [6.07, 6.45) is 0.228. The highest BCUT2D eigenvalue weighted by molar-refractivity contribution is 5.96. The van der Waals surface area contributed by atoms with Crippen molar-refractivity contribution in [1.29, 1.82) is 0 Å². The Balaban J connectivity index is 1.68. The second-order valence-corrected chi connectivity index (χ2v) is 6.66. The van der Waals surface area contributed by atoms with Gasteiger partial charge in [0.15, 0.2) is 0 Å². The number of hydrogen-bond donors (Lipinski definition) is 1. The summed E-state index contributed by atoms with van der Waals surface area (Å²) < 4.78 is 43.2. The molecule has 2 aliphatic rings. The summed E-state index contributed by atoms with van der Waals surface area (Å²) in [6, 6.07) is 4.29. The van der Waals surface area contributed by atoms with Gasteiger partial charge in [-0.05, 0) is 37.1 Å². The highest BCUT2D eigenvalue weighted by atomic mass is 19.4. The van der Waals surface area contributed by atoms with Gasteiger partial charge in [-0.3, -0.25) is 9.59 Å². The van der Waals surface area contributed by atoms with Gasteiger partial charge in [0, 0.05) is 18.8 Å². The SMILES string of the molecule is O=C(Nc1ccc(C(F)(F)F)cc1)[C@@H]1CC=CC[C@H]1C(=O)N1CCOCC1. The van der Waals surface area contributed by atoms with Crippen molar-refractivity contribution >= 4 is 17.5 Å². The molecule has 1 fully saturated rings. The number of morpholine rings is 1. The molecule has 0 unspecified atom stereocenters. The third-order valence-corrected chi connectivity index (χ3v) is 4.89. The van der Waals surface area contributed by atoms with E-state index in [1.165, 1.54) is 12.1 Å². The molecule has 8 heteroatoms. The Morgan fingerprint density at radius 3 is 2.19 bits per heavy atom. The first kappa shape index (κ1) is 19.4. The number of carbonyl (C=O) groups excluding carboxylic acids is 2. The summed E-state index contributed by atoms with van der Waals surface area (Å²) in [5.41, 5.74) is -0.499. The van der Waals surface area contributed by atoms with E-state index < -0.39 is 23.6 Å². The van der Waals surface area contributed by atoms with Crippen LogP contribution in [0.15, 0.2) is 36.4 Å². The zero-order chi connectivity index (χ0) is 19.4. The van der Waals surface area contributed by atoms with Crippen molar-refractivity contribution in [2.45, 2.75) is 19.0 Å². The number of amides is 2. The van der Waals surface area contributed by atoms with Crippen LogP contribution in [0.2, 0.25) is 0 Å². The topological polar surface area (TPSA) is 58.6 Å². The number of rotatable bonds is 3. The lowest BCUT2D eigenvalue weighted by Gasteiger charge is -2.34. The Morgan fingerprint density at radius 1 is 1.00 bits per heavy atom. The van der Waals surface area contributed by atoms with Crippen LogP contribution in [0, 0.1) is 11.8 Å². The van der Waals surface area contributed by atoms with Crippen LogP contribution in [-0.4, -0.2) is 43.0 Å². The van der Waals surface area contributed by atoms with Crippen LogP contribution >= 0.6 is 0 Å². The van der Waals surface area contributed by atoms with Crippen molar-refractivity contribution in [2.24, 2.45) is 11.8 Å². The smallest absolute Gasteiger partial charge is 0.378 e. The van der Waals surface area contributed by atoms with E-state index in [4.69, 9.17) is 4.74 Å². The van der Waals surface area contributed by atoms with Gasteiger partial charge in [0.25, 0.3) is 0 Å². The fourth-order valence-electron chi connectivity index (χ4n) is 3.37. The lowest BCUT2D eigenvalue weighted by atomic mass is 9.81. The average molecular weight is 382 g/mol. The van der Waals surface area contributed by atoms with Crippen LogP contribution in [0.5, 0.6) is 0 Å². The maximum Gasteiger partial charge on any atom is 0.416 e. The Morgan fingerprint density at radius 2 is 1.59 bits per heavy atom. The molecule has 146 valence electrons. The second kappa shape index (κ2) is 8.12. The van der Waals surface area contributed by atoms with E-state index in [0.717, 1.165) is 12.1 Å². The van der Waals surface area contributed by atoms with Crippen LogP contribution in [0.25, 0.3) is 0 Å². The van der Waals surface area contributed by atoms with Gasteiger partial charge in [0.1, 0.15) is 0 Å². The number of allylic oxidation sites excluding steroid dienone is 2. The molecule has 2 amide bonds. The molecule has 1 N–H and O–H groups in total. The molecule has 0 radical (unpaired) electrons. The zero-order valence-electron chi connectivity index (χ0n) is 14.7. The maximum atomic E-state index is 12.8. The number of nitrogens with zero attached hydrogens (tertiary/aromatic N) is 1. The predicted octanol–water partition coefficient (Wildman–Crippen LogP) is 3.09. The summed E-state index contributed by atoms with van der Waals surface area (Å²) in [5, 5.41) is 2.64. The number of anilines is 1. The minimum atomic E-state index is -4.42. The number of hydrogen-bond acceptors (Lipinski definition) is 3. The van der Waals surface area contributed by atoms with E-state index in [1.54, 1.807) is 4.90 Å². The Kier molecular flexibility index (Phi) is 5.84. The van der Waals surface area contributed by atoms with Gasteiger partial charge in [-0.2, -0.15) is 13.2 Å². The van der Waals surface area contributed by atoms with E-state index in [2.05, 4.69) is 5.32 Å². The van der Waals surface area contributed by atoms with E-state index in [-0.39, 0.29) is 17.5 Å². The van der Waals surface area contributed by atoms with Crippen molar-refractivity contribution in [3.8, 4) is 0 Å². The summed E-state index contributed by atoms with van der Waals surface area (Å²) >= 11 is 0. The van der Waals surface area contributed by atoms with Crippen molar-refractivity contribution in [2.75, 3.05) is 31.6 Å². The van der Waals surface area contributed by atoms with Gasteiger partial charge < -0.3 is 15.0 Å². The number of alkyl halides is 3. The van der Waals surface area contributed by atoms with Crippen molar-refractivity contribution < 1.29 is 27.5 Å². The van der Waals surface area contributed by atoms with Gasteiger partial charge in [-0.15, -0.1) is 0 Å². The molecule has 0 spiro atoms. The molecule has 0 bridgehead atoms. The predicted molar refractivity (Wildman–Crippen MR) is 92.8 cm³/mol. The molecule has 0 aromatic heterocycles. The quantitative estimate of drug-likeness (QED) is 0.818. The monoisotopic (exact) mass is 382 g/mol. The Hall–Kier alpha value is -2.35. The normalized spacial score (nSPS) is 23.1. The molecular formula is C19H21F3N2O3. The molecule has 5 nitrogen and oxygen atoms in total. The maximum absolute atomic E-state index is 12.8. The first-order chi connectivity index (χ1) is 12.9. The first-order valence-corrected chi connectivity index (χ1v) is 8.86. The van der Waals surface area contributed by atoms with E-state index in [0.29, 0.717) is 39.1 Å². The number of halogens is 3. The Labute approximate surface area is 155 Å². The second-order valence-electron chi connectivity index (χ2n) is 6.66. The minimum absolute atomic E-state index is 0.0739. The van der Waals surface area contributed by atoms with Crippen LogP contribution in [-0.2, 0) is 20.5 Å². The molecule has 1 saturated heterocycles. The number of benzene rings is 1. The number of nitrogens with one attached hydrogen (secondary N) is 1. The summed E-state index contributed by atoms with van der Waals surface area (Å²) in [5.74, 6) is -1.45. The van der Waals surface area contributed by atoms with Gasteiger partial charge in [0.2, 0.25) is 11.8 Å². The summed E-state index contributed by atoms with van der Waals surface area (Å²) in [4.78, 5) is 27.2. The molecule has 1 aromatic rings. The third kappa shape index (κ3) is 4.68.